The van der Waals surface area contributed by atoms with E-state index in [0.717, 1.165) is 16.8 Å². The zero-order valence-corrected chi connectivity index (χ0v) is 17.2. The Balaban J connectivity index is 1.70. The molecule has 0 fully saturated rings. The molecular formula is C24H23F2N5. The van der Waals surface area contributed by atoms with Gasteiger partial charge in [0.25, 0.3) is 0 Å². The number of benzene rings is 2. The van der Waals surface area contributed by atoms with Crippen molar-refractivity contribution in [2.24, 2.45) is 0 Å². The van der Waals surface area contributed by atoms with Crippen molar-refractivity contribution in [1.82, 2.24) is 19.5 Å². The molecule has 0 aliphatic carbocycles. The Hall–Kier alpha value is -3.61. The number of halogens is 2. The van der Waals surface area contributed by atoms with Gasteiger partial charge in [0.2, 0.25) is 5.95 Å². The lowest BCUT2D eigenvalue weighted by atomic mass is 10.1. The summed E-state index contributed by atoms with van der Waals surface area (Å²) in [5.41, 5.74) is 3.96. The third-order valence-electron chi connectivity index (χ3n) is 5.03. The molecule has 2 aromatic carbocycles. The summed E-state index contributed by atoms with van der Waals surface area (Å²) in [5.74, 6) is 0.169. The van der Waals surface area contributed by atoms with Crippen LogP contribution < -0.4 is 5.32 Å². The fourth-order valence-electron chi connectivity index (χ4n) is 3.45. The minimum atomic E-state index is -0.422. The average molecular weight is 419 g/mol. The van der Waals surface area contributed by atoms with Crippen molar-refractivity contribution >= 4 is 5.95 Å². The lowest BCUT2D eigenvalue weighted by Gasteiger charge is -2.15. The highest BCUT2D eigenvalue weighted by Crippen LogP contribution is 2.31. The second-order valence-electron chi connectivity index (χ2n) is 7.23. The summed E-state index contributed by atoms with van der Waals surface area (Å²) in [6, 6.07) is 18.0. The molecule has 1 atom stereocenters. The molecule has 1 N–H and O–H groups in total. The maximum absolute atomic E-state index is 13.4. The van der Waals surface area contributed by atoms with E-state index in [2.05, 4.69) is 15.3 Å². The molecule has 0 aliphatic rings. The van der Waals surface area contributed by atoms with Gasteiger partial charge in [-0.1, -0.05) is 30.3 Å². The molecule has 0 unspecified atom stereocenters. The van der Waals surface area contributed by atoms with Crippen LogP contribution in [0.2, 0.25) is 0 Å². The van der Waals surface area contributed by atoms with E-state index in [1.807, 2.05) is 41.8 Å². The van der Waals surface area contributed by atoms with Crippen LogP contribution in [-0.4, -0.2) is 26.2 Å². The molecule has 2 aromatic heterocycles. The van der Waals surface area contributed by atoms with Crippen LogP contribution in [0.15, 0.2) is 73.2 Å². The Bertz CT molecular complexity index is 1130. The third-order valence-corrected chi connectivity index (χ3v) is 5.03. The standard InChI is InChI=1S/C24H23F2N5/c1-17(18-6-3-2-4-7-18)29-24-27-14-12-21(30-24)23-22(19-8-10-20(26)11-9-19)28-16-31(23)15-5-13-25/h2-4,6-12,14,16-17H,5,13,15H2,1H3,(H,27,29,30)/t17-/m0/s1. The van der Waals surface area contributed by atoms with Gasteiger partial charge >= 0.3 is 0 Å². The SMILES string of the molecule is C[C@H](Nc1nccc(-c2c(-c3ccc(F)cc3)ncn2CCCF)n1)c1ccccc1. The van der Waals surface area contributed by atoms with Crippen molar-refractivity contribution in [2.45, 2.75) is 25.9 Å². The van der Waals surface area contributed by atoms with Gasteiger partial charge in [0.1, 0.15) is 5.82 Å². The molecule has 0 spiro atoms. The first-order chi connectivity index (χ1) is 15.2. The zero-order valence-electron chi connectivity index (χ0n) is 17.2. The molecule has 4 aromatic rings. The van der Waals surface area contributed by atoms with E-state index in [9.17, 15) is 8.78 Å². The molecule has 0 saturated carbocycles. The number of rotatable bonds is 8. The Kier molecular flexibility index (Phi) is 6.31. The first kappa shape index (κ1) is 20.7. The molecule has 0 saturated heterocycles. The summed E-state index contributed by atoms with van der Waals surface area (Å²) in [4.78, 5) is 13.6. The predicted octanol–water partition coefficient (Wildman–Crippen LogP) is 5.68. The summed E-state index contributed by atoms with van der Waals surface area (Å²) in [6.07, 6.45) is 3.72. The van der Waals surface area contributed by atoms with Gasteiger partial charge in [-0.05, 0) is 49.2 Å². The smallest absolute Gasteiger partial charge is 0.223 e. The fraction of sp³-hybridized carbons (Fsp3) is 0.208. The van der Waals surface area contributed by atoms with E-state index in [1.54, 1.807) is 30.7 Å². The minimum absolute atomic E-state index is 0.0180. The number of hydrogen-bond acceptors (Lipinski definition) is 4. The van der Waals surface area contributed by atoms with Gasteiger partial charge < -0.3 is 9.88 Å². The predicted molar refractivity (Wildman–Crippen MR) is 118 cm³/mol. The first-order valence-corrected chi connectivity index (χ1v) is 10.2. The Labute approximate surface area is 179 Å². The van der Waals surface area contributed by atoms with Crippen LogP contribution in [0.1, 0.15) is 24.9 Å². The number of nitrogens with zero attached hydrogens (tertiary/aromatic N) is 4. The second-order valence-corrected chi connectivity index (χ2v) is 7.23. The van der Waals surface area contributed by atoms with Crippen LogP contribution in [0.4, 0.5) is 14.7 Å². The van der Waals surface area contributed by atoms with Crippen LogP contribution in [-0.2, 0) is 6.54 Å². The molecule has 0 bridgehead atoms. The minimum Gasteiger partial charge on any atom is -0.348 e. The normalized spacial score (nSPS) is 12.0. The van der Waals surface area contributed by atoms with E-state index in [4.69, 9.17) is 4.98 Å². The van der Waals surface area contributed by atoms with E-state index < -0.39 is 6.67 Å². The molecule has 5 nitrogen and oxygen atoms in total. The van der Waals surface area contributed by atoms with Crippen molar-refractivity contribution in [3.8, 4) is 22.6 Å². The maximum atomic E-state index is 13.4. The van der Waals surface area contributed by atoms with Gasteiger partial charge in [0, 0.05) is 18.3 Å². The maximum Gasteiger partial charge on any atom is 0.223 e. The van der Waals surface area contributed by atoms with Gasteiger partial charge in [-0.15, -0.1) is 0 Å². The molecule has 158 valence electrons. The van der Waals surface area contributed by atoms with E-state index in [0.29, 0.717) is 30.3 Å². The van der Waals surface area contributed by atoms with E-state index >= 15 is 0 Å². The fourth-order valence-corrected chi connectivity index (χ4v) is 3.45. The monoisotopic (exact) mass is 419 g/mol. The van der Waals surface area contributed by atoms with Gasteiger partial charge in [-0.2, -0.15) is 0 Å². The van der Waals surface area contributed by atoms with Crippen molar-refractivity contribution in [3.63, 3.8) is 0 Å². The van der Waals surface area contributed by atoms with Gasteiger partial charge in [0.05, 0.1) is 36.1 Å². The van der Waals surface area contributed by atoms with Gasteiger partial charge in [0.15, 0.2) is 0 Å². The summed E-state index contributed by atoms with van der Waals surface area (Å²) in [7, 11) is 0. The summed E-state index contributed by atoms with van der Waals surface area (Å²) in [6.45, 7) is 2.09. The molecular weight excluding hydrogens is 396 g/mol. The molecule has 0 amide bonds. The topological polar surface area (TPSA) is 55.6 Å². The highest BCUT2D eigenvalue weighted by Gasteiger charge is 2.17. The molecule has 0 aliphatic heterocycles. The van der Waals surface area contributed by atoms with Crippen LogP contribution in [0.5, 0.6) is 0 Å². The van der Waals surface area contributed by atoms with E-state index in [1.165, 1.54) is 12.1 Å². The quantitative estimate of drug-likeness (QED) is 0.399. The van der Waals surface area contributed by atoms with Crippen molar-refractivity contribution in [3.05, 3.63) is 84.6 Å². The summed E-state index contributed by atoms with van der Waals surface area (Å²) >= 11 is 0. The highest BCUT2D eigenvalue weighted by molar-refractivity contribution is 5.77. The zero-order chi connectivity index (χ0) is 21.6. The van der Waals surface area contributed by atoms with Gasteiger partial charge in [-0.25, -0.2) is 19.3 Å². The highest BCUT2D eigenvalue weighted by atomic mass is 19.1. The number of anilines is 1. The Morgan fingerprint density at radius 1 is 1.00 bits per heavy atom. The van der Waals surface area contributed by atoms with Crippen LogP contribution in [0.25, 0.3) is 22.6 Å². The first-order valence-electron chi connectivity index (χ1n) is 10.2. The lowest BCUT2D eigenvalue weighted by Crippen LogP contribution is -2.10. The Morgan fingerprint density at radius 2 is 1.77 bits per heavy atom. The number of imidazole rings is 1. The number of aromatic nitrogens is 4. The molecule has 7 heteroatoms. The number of aryl methyl sites for hydroxylation is 1. The summed E-state index contributed by atoms with van der Waals surface area (Å²) < 4.78 is 28.1. The van der Waals surface area contributed by atoms with E-state index in [-0.39, 0.29) is 11.9 Å². The summed E-state index contributed by atoms with van der Waals surface area (Å²) in [5, 5.41) is 3.33. The average Bonchev–Trinajstić information content (AvgIpc) is 3.23. The number of hydrogen-bond donors (Lipinski definition) is 1. The van der Waals surface area contributed by atoms with Crippen molar-refractivity contribution in [1.29, 1.82) is 0 Å². The van der Waals surface area contributed by atoms with Crippen molar-refractivity contribution < 1.29 is 8.78 Å². The third kappa shape index (κ3) is 4.77. The van der Waals surface area contributed by atoms with Crippen LogP contribution >= 0.6 is 0 Å². The van der Waals surface area contributed by atoms with Gasteiger partial charge in [-0.3, -0.25) is 4.39 Å². The molecule has 0 radical (unpaired) electrons. The van der Waals surface area contributed by atoms with Crippen LogP contribution in [0, 0.1) is 5.82 Å². The van der Waals surface area contributed by atoms with Crippen LogP contribution in [0.3, 0.4) is 0 Å². The largest absolute Gasteiger partial charge is 0.348 e. The molecule has 4 rings (SSSR count). The van der Waals surface area contributed by atoms with Crippen molar-refractivity contribution in [2.75, 3.05) is 12.0 Å². The Morgan fingerprint density at radius 3 is 2.52 bits per heavy atom. The molecule has 2 heterocycles. The second kappa shape index (κ2) is 9.47. The lowest BCUT2D eigenvalue weighted by molar-refractivity contribution is 0.447. The number of alkyl halides is 1. The number of nitrogens with one attached hydrogen (secondary N) is 1. The molecule has 31 heavy (non-hydrogen) atoms.